The van der Waals surface area contributed by atoms with Crippen molar-refractivity contribution in [1.29, 1.82) is 0 Å². The summed E-state index contributed by atoms with van der Waals surface area (Å²) in [6.07, 6.45) is 0.226. The molecule has 2 aromatic rings. The van der Waals surface area contributed by atoms with Gasteiger partial charge in [0, 0.05) is 11.8 Å². The van der Waals surface area contributed by atoms with Crippen molar-refractivity contribution in [2.45, 2.75) is 13.3 Å². The maximum atomic E-state index is 11.6. The molecule has 0 aliphatic carbocycles. The molecule has 0 aliphatic heterocycles. The van der Waals surface area contributed by atoms with Crippen molar-refractivity contribution in [2.24, 2.45) is 0 Å². The third-order valence-electron chi connectivity index (χ3n) is 2.37. The van der Waals surface area contributed by atoms with Crippen LogP contribution in [0.5, 0.6) is 5.75 Å². The number of carbonyl (C=O) groups is 1. The van der Waals surface area contributed by atoms with E-state index in [1.54, 1.807) is 37.3 Å². The molecule has 0 saturated heterocycles. The number of aromatic nitrogens is 1. The summed E-state index contributed by atoms with van der Waals surface area (Å²) in [5.74, 6) is 0.832. The molecule has 19 heavy (non-hydrogen) atoms. The van der Waals surface area contributed by atoms with Crippen LogP contribution in [-0.2, 0) is 4.79 Å². The second-order valence-electron chi connectivity index (χ2n) is 4.05. The lowest BCUT2D eigenvalue weighted by atomic mass is 10.3. The quantitative estimate of drug-likeness (QED) is 0.803. The van der Waals surface area contributed by atoms with Crippen molar-refractivity contribution >= 4 is 17.5 Å². The standard InChI is InChI=1S/C13H15N3O3/c1-9-8-13(19-16-9)15-12(17)6-7-18-11-4-2-10(14)3-5-11/h2-5,8H,6-7,14H2,1H3,(H,15,17). The zero-order valence-electron chi connectivity index (χ0n) is 10.6. The number of aryl methyl sites for hydroxylation is 1. The van der Waals surface area contributed by atoms with Gasteiger partial charge in [0.1, 0.15) is 5.75 Å². The molecular formula is C13H15N3O3. The lowest BCUT2D eigenvalue weighted by Gasteiger charge is -2.05. The van der Waals surface area contributed by atoms with E-state index in [4.69, 9.17) is 15.0 Å². The van der Waals surface area contributed by atoms with Gasteiger partial charge in [-0.1, -0.05) is 5.16 Å². The van der Waals surface area contributed by atoms with Gasteiger partial charge in [0.15, 0.2) is 0 Å². The minimum Gasteiger partial charge on any atom is -0.493 e. The SMILES string of the molecule is Cc1cc(NC(=O)CCOc2ccc(N)cc2)on1. The van der Waals surface area contributed by atoms with Gasteiger partial charge in [-0.25, -0.2) is 0 Å². The van der Waals surface area contributed by atoms with Gasteiger partial charge in [-0.05, 0) is 31.2 Å². The molecule has 0 unspecified atom stereocenters. The third kappa shape index (κ3) is 4.02. The number of amides is 1. The molecule has 1 amide bonds. The van der Waals surface area contributed by atoms with E-state index < -0.39 is 0 Å². The van der Waals surface area contributed by atoms with Crippen LogP contribution in [0.25, 0.3) is 0 Å². The average Bonchev–Trinajstić information content (AvgIpc) is 2.77. The molecule has 1 aromatic heterocycles. The number of hydrogen-bond acceptors (Lipinski definition) is 5. The van der Waals surface area contributed by atoms with E-state index in [2.05, 4.69) is 10.5 Å². The number of benzene rings is 1. The fraction of sp³-hybridized carbons (Fsp3) is 0.231. The highest BCUT2D eigenvalue weighted by molar-refractivity contribution is 5.89. The molecule has 0 saturated carbocycles. The summed E-state index contributed by atoms with van der Waals surface area (Å²) in [7, 11) is 0. The van der Waals surface area contributed by atoms with Crippen LogP contribution < -0.4 is 15.8 Å². The molecule has 1 aromatic carbocycles. The minimum atomic E-state index is -0.188. The summed E-state index contributed by atoms with van der Waals surface area (Å²) < 4.78 is 10.3. The first kappa shape index (κ1) is 12.9. The van der Waals surface area contributed by atoms with Crippen molar-refractivity contribution in [3.05, 3.63) is 36.0 Å². The van der Waals surface area contributed by atoms with Crippen LogP contribution in [-0.4, -0.2) is 17.7 Å². The molecule has 2 rings (SSSR count). The highest BCUT2D eigenvalue weighted by Crippen LogP contribution is 2.13. The number of nitrogens with one attached hydrogen (secondary N) is 1. The normalized spacial score (nSPS) is 10.2. The number of carbonyl (C=O) groups excluding carboxylic acids is 1. The highest BCUT2D eigenvalue weighted by Gasteiger charge is 2.06. The number of anilines is 2. The largest absolute Gasteiger partial charge is 0.493 e. The highest BCUT2D eigenvalue weighted by atomic mass is 16.5. The molecule has 3 N–H and O–H groups in total. The van der Waals surface area contributed by atoms with E-state index in [0.29, 0.717) is 23.0 Å². The molecule has 0 fully saturated rings. The van der Waals surface area contributed by atoms with Crippen LogP contribution >= 0.6 is 0 Å². The number of nitrogen functional groups attached to an aromatic ring is 1. The molecular weight excluding hydrogens is 246 g/mol. The molecule has 100 valence electrons. The van der Waals surface area contributed by atoms with Crippen molar-refractivity contribution in [3.63, 3.8) is 0 Å². The second-order valence-corrected chi connectivity index (χ2v) is 4.05. The Bertz CT molecular complexity index is 549. The van der Waals surface area contributed by atoms with E-state index in [-0.39, 0.29) is 18.9 Å². The number of nitrogens with zero attached hydrogens (tertiary/aromatic N) is 1. The molecule has 0 aliphatic rings. The monoisotopic (exact) mass is 261 g/mol. The number of hydrogen-bond donors (Lipinski definition) is 2. The second kappa shape index (κ2) is 5.90. The number of rotatable bonds is 5. The van der Waals surface area contributed by atoms with E-state index in [0.717, 1.165) is 0 Å². The lowest BCUT2D eigenvalue weighted by Crippen LogP contribution is -2.14. The fourth-order valence-corrected chi connectivity index (χ4v) is 1.45. The Morgan fingerprint density at radius 2 is 2.16 bits per heavy atom. The average molecular weight is 261 g/mol. The van der Waals surface area contributed by atoms with Gasteiger partial charge in [0.05, 0.1) is 18.7 Å². The van der Waals surface area contributed by atoms with Crippen LogP contribution in [0.3, 0.4) is 0 Å². The Labute approximate surface area is 110 Å². The lowest BCUT2D eigenvalue weighted by molar-refractivity contribution is -0.116. The van der Waals surface area contributed by atoms with E-state index in [1.807, 2.05) is 0 Å². The van der Waals surface area contributed by atoms with E-state index >= 15 is 0 Å². The summed E-state index contributed by atoms with van der Waals surface area (Å²) in [4.78, 5) is 11.6. The Kier molecular flexibility index (Phi) is 4.02. The maximum Gasteiger partial charge on any atom is 0.231 e. The van der Waals surface area contributed by atoms with Gasteiger partial charge in [-0.2, -0.15) is 0 Å². The van der Waals surface area contributed by atoms with Crippen LogP contribution in [0.2, 0.25) is 0 Å². The molecule has 6 heteroatoms. The zero-order chi connectivity index (χ0) is 13.7. The Morgan fingerprint density at radius 3 is 2.79 bits per heavy atom. The van der Waals surface area contributed by atoms with Crippen molar-refractivity contribution in [2.75, 3.05) is 17.7 Å². The van der Waals surface area contributed by atoms with Gasteiger partial charge < -0.3 is 15.0 Å². The molecule has 0 spiro atoms. The number of ether oxygens (including phenoxy) is 1. The van der Waals surface area contributed by atoms with Gasteiger partial charge >= 0.3 is 0 Å². The molecule has 0 bridgehead atoms. The fourth-order valence-electron chi connectivity index (χ4n) is 1.45. The Hall–Kier alpha value is -2.50. The van der Waals surface area contributed by atoms with E-state index in [1.165, 1.54) is 0 Å². The summed E-state index contributed by atoms with van der Waals surface area (Å²) in [5, 5.41) is 6.26. The van der Waals surface area contributed by atoms with Crippen LogP contribution in [0.1, 0.15) is 12.1 Å². The Morgan fingerprint density at radius 1 is 1.42 bits per heavy atom. The van der Waals surface area contributed by atoms with Gasteiger partial charge in [-0.15, -0.1) is 0 Å². The Balaban J connectivity index is 1.73. The van der Waals surface area contributed by atoms with Crippen molar-refractivity contribution in [1.82, 2.24) is 5.16 Å². The summed E-state index contributed by atoms with van der Waals surface area (Å²) in [6.45, 7) is 2.06. The zero-order valence-corrected chi connectivity index (χ0v) is 10.6. The van der Waals surface area contributed by atoms with Gasteiger partial charge in [-0.3, -0.25) is 10.1 Å². The van der Waals surface area contributed by atoms with Crippen LogP contribution in [0, 0.1) is 6.92 Å². The summed E-state index contributed by atoms with van der Waals surface area (Å²) in [6, 6.07) is 8.65. The van der Waals surface area contributed by atoms with Crippen LogP contribution in [0.4, 0.5) is 11.6 Å². The van der Waals surface area contributed by atoms with Gasteiger partial charge in [0.2, 0.25) is 11.8 Å². The van der Waals surface area contributed by atoms with E-state index in [9.17, 15) is 4.79 Å². The topological polar surface area (TPSA) is 90.4 Å². The third-order valence-corrected chi connectivity index (χ3v) is 2.37. The maximum absolute atomic E-state index is 11.6. The minimum absolute atomic E-state index is 0.188. The predicted molar refractivity (Wildman–Crippen MR) is 70.8 cm³/mol. The molecule has 0 radical (unpaired) electrons. The molecule has 1 heterocycles. The van der Waals surface area contributed by atoms with Crippen molar-refractivity contribution in [3.8, 4) is 5.75 Å². The van der Waals surface area contributed by atoms with Crippen LogP contribution in [0.15, 0.2) is 34.9 Å². The van der Waals surface area contributed by atoms with Crippen molar-refractivity contribution < 1.29 is 14.1 Å². The summed E-state index contributed by atoms with van der Waals surface area (Å²) in [5.41, 5.74) is 6.94. The predicted octanol–water partition coefficient (Wildman–Crippen LogP) is 1.97. The molecule has 0 atom stereocenters. The smallest absolute Gasteiger partial charge is 0.231 e. The number of nitrogens with two attached hydrogens (primary N) is 1. The first-order chi connectivity index (χ1) is 9.13. The molecule has 6 nitrogen and oxygen atoms in total. The first-order valence-corrected chi connectivity index (χ1v) is 5.85. The first-order valence-electron chi connectivity index (χ1n) is 5.85. The summed E-state index contributed by atoms with van der Waals surface area (Å²) >= 11 is 0. The van der Waals surface area contributed by atoms with Gasteiger partial charge in [0.25, 0.3) is 0 Å².